The SMILES string of the molecule is CC1(C)c2cc(N(c3ccc(-c4ccccc4)cc3)c3ccc4c(c3)oc3ccc5ccccc5c34)ccc2-c2ccc(N3c4ccccc4Sc4c3n(-c3ccccc3)c3ccccc43)cc21. The second kappa shape index (κ2) is 14.9. The highest BCUT2D eigenvalue weighted by Crippen LogP contribution is 2.58. The maximum absolute atomic E-state index is 6.67. The standard InChI is InChI=1S/C63H43N3OS/c1-63(2)53-37-45(64(44-28-25-41(26-29-44)40-15-5-3-6-16-40)47-32-35-52-58(39-47)67-57-36-27-42-17-9-10-20-48(42)60(52)57)30-33-49(53)50-34-31-46(38-54(50)63)66-56-23-13-14-24-59(56)68-61-51-21-11-12-22-55(51)65(62(61)66)43-18-7-4-8-19-43/h3-39H,1-2H3. The minimum Gasteiger partial charge on any atom is -0.456 e. The molecule has 0 atom stereocenters. The molecule has 0 N–H and O–H groups in total. The summed E-state index contributed by atoms with van der Waals surface area (Å²) in [7, 11) is 0. The summed E-state index contributed by atoms with van der Waals surface area (Å²) in [5.41, 5.74) is 16.9. The molecule has 2 aromatic heterocycles. The lowest BCUT2D eigenvalue weighted by molar-refractivity contribution is 0.660. The number of anilines is 6. The molecule has 0 saturated carbocycles. The molecule has 0 radical (unpaired) electrons. The van der Waals surface area contributed by atoms with Gasteiger partial charge in [0.15, 0.2) is 0 Å². The van der Waals surface area contributed by atoms with E-state index in [9.17, 15) is 0 Å². The van der Waals surface area contributed by atoms with Crippen LogP contribution in [0.15, 0.2) is 239 Å². The molecule has 12 aromatic rings. The van der Waals surface area contributed by atoms with Gasteiger partial charge in [-0.05, 0) is 129 Å². The third kappa shape index (κ3) is 5.82. The number of hydrogen-bond donors (Lipinski definition) is 0. The first-order valence-corrected chi connectivity index (χ1v) is 24.1. The molecule has 0 spiro atoms. The molecule has 1 aliphatic heterocycles. The van der Waals surface area contributed by atoms with E-state index < -0.39 is 0 Å². The van der Waals surface area contributed by atoms with Crippen molar-refractivity contribution in [2.75, 3.05) is 9.80 Å². The molecule has 0 amide bonds. The van der Waals surface area contributed by atoms with Gasteiger partial charge in [0.1, 0.15) is 17.0 Å². The smallest absolute Gasteiger partial charge is 0.137 e. The zero-order chi connectivity index (χ0) is 45.1. The summed E-state index contributed by atoms with van der Waals surface area (Å²) in [6.45, 7) is 4.78. The number of nitrogens with zero attached hydrogens (tertiary/aromatic N) is 3. The van der Waals surface area contributed by atoms with E-state index in [2.05, 4.69) is 253 Å². The van der Waals surface area contributed by atoms with Crippen LogP contribution in [0.3, 0.4) is 0 Å². The van der Waals surface area contributed by atoms with Crippen LogP contribution in [0.5, 0.6) is 0 Å². The van der Waals surface area contributed by atoms with Crippen molar-refractivity contribution in [3.8, 4) is 27.9 Å². The lowest BCUT2D eigenvalue weighted by Crippen LogP contribution is -2.20. The maximum atomic E-state index is 6.67. The fraction of sp³-hybridized carbons (Fsp3) is 0.0476. The lowest BCUT2D eigenvalue weighted by Gasteiger charge is -2.33. The molecule has 0 unspecified atom stereocenters. The Morgan fingerprint density at radius 2 is 1.12 bits per heavy atom. The molecular weight excluding hydrogens is 847 g/mol. The van der Waals surface area contributed by atoms with Gasteiger partial charge in [-0.1, -0.05) is 159 Å². The molecule has 0 bridgehead atoms. The minimum atomic E-state index is -0.303. The highest BCUT2D eigenvalue weighted by Gasteiger charge is 2.38. The predicted octanol–water partition coefficient (Wildman–Crippen LogP) is 18.1. The van der Waals surface area contributed by atoms with Gasteiger partial charge in [-0.25, -0.2) is 0 Å². The fourth-order valence-corrected chi connectivity index (χ4v) is 12.3. The average molecular weight is 890 g/mol. The molecule has 14 rings (SSSR count). The zero-order valence-corrected chi connectivity index (χ0v) is 38.3. The van der Waals surface area contributed by atoms with Crippen molar-refractivity contribution >= 4 is 89.6 Å². The third-order valence-electron chi connectivity index (χ3n) is 14.3. The van der Waals surface area contributed by atoms with E-state index in [1.807, 2.05) is 11.8 Å². The van der Waals surface area contributed by atoms with Gasteiger partial charge in [0.05, 0.1) is 16.1 Å². The van der Waals surface area contributed by atoms with Gasteiger partial charge in [-0.15, -0.1) is 0 Å². The highest BCUT2D eigenvalue weighted by atomic mass is 32.2. The van der Waals surface area contributed by atoms with Gasteiger partial charge in [0, 0.05) is 61.0 Å². The van der Waals surface area contributed by atoms with Crippen molar-refractivity contribution in [3.05, 3.63) is 236 Å². The summed E-state index contributed by atoms with van der Waals surface area (Å²) in [5, 5.41) is 5.94. The molecule has 68 heavy (non-hydrogen) atoms. The topological polar surface area (TPSA) is 24.6 Å². The Bertz CT molecular complexity index is 3980. The Hall–Kier alpha value is -8.25. The lowest BCUT2D eigenvalue weighted by atomic mass is 9.82. The first-order chi connectivity index (χ1) is 33.5. The van der Waals surface area contributed by atoms with E-state index in [1.165, 1.54) is 76.4 Å². The van der Waals surface area contributed by atoms with Crippen LogP contribution >= 0.6 is 11.8 Å². The Labute approximate surface area is 398 Å². The Morgan fingerprint density at radius 3 is 1.96 bits per heavy atom. The van der Waals surface area contributed by atoms with Crippen LogP contribution in [0.4, 0.5) is 34.3 Å². The van der Waals surface area contributed by atoms with E-state index in [0.717, 1.165) is 50.4 Å². The third-order valence-corrected chi connectivity index (χ3v) is 15.5. The first-order valence-electron chi connectivity index (χ1n) is 23.3. The normalized spacial score (nSPS) is 13.5. The molecule has 4 nitrogen and oxygen atoms in total. The predicted molar refractivity (Wildman–Crippen MR) is 285 cm³/mol. The molecule has 5 heteroatoms. The van der Waals surface area contributed by atoms with Crippen molar-refractivity contribution in [1.82, 2.24) is 4.57 Å². The van der Waals surface area contributed by atoms with Gasteiger partial charge in [-0.2, -0.15) is 0 Å². The van der Waals surface area contributed by atoms with Crippen LogP contribution in [0.25, 0.3) is 71.6 Å². The van der Waals surface area contributed by atoms with Crippen molar-refractivity contribution in [2.24, 2.45) is 0 Å². The summed E-state index contributed by atoms with van der Waals surface area (Å²) in [4.78, 5) is 7.39. The van der Waals surface area contributed by atoms with Crippen molar-refractivity contribution in [1.29, 1.82) is 0 Å². The van der Waals surface area contributed by atoms with Gasteiger partial charge in [0.25, 0.3) is 0 Å². The van der Waals surface area contributed by atoms with Crippen LogP contribution in [0.2, 0.25) is 0 Å². The number of fused-ring (bicyclic) bond motifs is 12. The van der Waals surface area contributed by atoms with Gasteiger partial charge >= 0.3 is 0 Å². The van der Waals surface area contributed by atoms with Crippen LogP contribution < -0.4 is 9.80 Å². The van der Waals surface area contributed by atoms with Crippen LogP contribution in [0, 0.1) is 0 Å². The van der Waals surface area contributed by atoms with E-state index >= 15 is 0 Å². The van der Waals surface area contributed by atoms with Gasteiger partial charge < -0.3 is 9.32 Å². The first kappa shape index (κ1) is 39.0. The summed E-state index contributed by atoms with van der Waals surface area (Å²) in [5.74, 6) is 1.17. The number of aromatic nitrogens is 1. The Morgan fingerprint density at radius 1 is 0.471 bits per heavy atom. The van der Waals surface area contributed by atoms with Gasteiger partial charge in [0.2, 0.25) is 0 Å². The maximum Gasteiger partial charge on any atom is 0.137 e. The summed E-state index contributed by atoms with van der Waals surface area (Å²) in [6.07, 6.45) is 0. The molecule has 3 heterocycles. The van der Waals surface area contributed by atoms with E-state index in [1.54, 1.807) is 0 Å². The molecular formula is C63H43N3OS. The van der Waals surface area contributed by atoms with E-state index in [-0.39, 0.29) is 5.41 Å². The quantitative estimate of drug-likeness (QED) is 0.166. The highest BCUT2D eigenvalue weighted by molar-refractivity contribution is 8.00. The van der Waals surface area contributed by atoms with Crippen molar-refractivity contribution < 1.29 is 4.42 Å². The summed E-state index contributed by atoms with van der Waals surface area (Å²) >= 11 is 1.87. The average Bonchev–Trinajstić information content (AvgIpc) is 4.01. The largest absolute Gasteiger partial charge is 0.456 e. The van der Waals surface area contributed by atoms with Crippen molar-refractivity contribution in [2.45, 2.75) is 29.1 Å². The molecule has 322 valence electrons. The minimum absolute atomic E-state index is 0.303. The van der Waals surface area contributed by atoms with Crippen LogP contribution in [-0.2, 0) is 5.41 Å². The number of para-hydroxylation sites is 3. The van der Waals surface area contributed by atoms with E-state index in [4.69, 9.17) is 4.42 Å². The number of hydrogen-bond acceptors (Lipinski definition) is 4. The number of furan rings is 1. The Kier molecular flexibility index (Phi) is 8.53. The summed E-state index contributed by atoms with van der Waals surface area (Å²) in [6, 6.07) is 81.8. The zero-order valence-electron chi connectivity index (χ0n) is 37.5. The second-order valence-corrected chi connectivity index (χ2v) is 19.6. The van der Waals surface area contributed by atoms with Crippen molar-refractivity contribution in [3.63, 3.8) is 0 Å². The summed E-state index contributed by atoms with van der Waals surface area (Å²) < 4.78 is 9.11. The second-order valence-electron chi connectivity index (χ2n) is 18.5. The van der Waals surface area contributed by atoms with E-state index in [0.29, 0.717) is 0 Å². The Balaban J connectivity index is 0.911. The number of rotatable bonds is 6. The molecule has 0 saturated heterocycles. The molecule has 0 fully saturated rings. The monoisotopic (exact) mass is 889 g/mol. The molecule has 2 aliphatic rings. The van der Waals surface area contributed by atoms with Crippen LogP contribution in [-0.4, -0.2) is 4.57 Å². The fourth-order valence-electron chi connectivity index (χ4n) is 11.1. The molecule has 10 aromatic carbocycles. The van der Waals surface area contributed by atoms with Gasteiger partial charge in [-0.3, -0.25) is 9.47 Å². The number of benzene rings is 10. The molecule has 1 aliphatic carbocycles. The van der Waals surface area contributed by atoms with Crippen LogP contribution in [0.1, 0.15) is 25.0 Å².